The average Bonchev–Trinajstić information content (AvgIpc) is 2.92. The lowest BCUT2D eigenvalue weighted by atomic mass is 10.1. The van der Waals surface area contributed by atoms with Crippen LogP contribution >= 0.6 is 0 Å². The van der Waals surface area contributed by atoms with E-state index in [1.165, 1.54) is 5.56 Å². The van der Waals surface area contributed by atoms with Crippen LogP contribution in [0.4, 0.5) is 5.69 Å². The number of hydrogen-bond acceptors (Lipinski definition) is 4. The zero-order chi connectivity index (χ0) is 14.7. The van der Waals surface area contributed by atoms with Crippen LogP contribution in [0.25, 0.3) is 0 Å². The van der Waals surface area contributed by atoms with Crippen molar-refractivity contribution in [1.29, 1.82) is 0 Å². The van der Waals surface area contributed by atoms with Crippen LogP contribution in [0.15, 0.2) is 36.5 Å². The molecule has 4 nitrogen and oxygen atoms in total. The van der Waals surface area contributed by atoms with Crippen LogP contribution in [0.1, 0.15) is 36.2 Å². The average molecular weight is 284 g/mol. The van der Waals surface area contributed by atoms with Crippen LogP contribution in [-0.2, 0) is 13.0 Å². The zero-order valence-electron chi connectivity index (χ0n) is 12.2. The fourth-order valence-electron chi connectivity index (χ4n) is 2.84. The standard InChI is InChI=1S/C17H20N2O2/c1-2-21-16-8-6-14(10-13(16)11-20)19-15-7-5-12-4-3-9-18-17(12)15/h3-4,6,8-10,15,19-20H,2,5,7,11H2,1H3. The van der Waals surface area contributed by atoms with Crippen molar-refractivity contribution in [2.75, 3.05) is 11.9 Å². The number of rotatable bonds is 5. The molecule has 2 aromatic rings. The molecule has 2 N–H and O–H groups in total. The van der Waals surface area contributed by atoms with E-state index in [4.69, 9.17) is 4.74 Å². The van der Waals surface area contributed by atoms with Gasteiger partial charge in [0.1, 0.15) is 5.75 Å². The first-order valence-electron chi connectivity index (χ1n) is 7.38. The van der Waals surface area contributed by atoms with E-state index < -0.39 is 0 Å². The number of hydrogen-bond donors (Lipinski definition) is 2. The van der Waals surface area contributed by atoms with E-state index in [1.807, 2.05) is 37.4 Å². The molecule has 0 saturated heterocycles. The van der Waals surface area contributed by atoms with Crippen molar-refractivity contribution < 1.29 is 9.84 Å². The number of ether oxygens (including phenoxy) is 1. The normalized spacial score (nSPS) is 16.6. The summed E-state index contributed by atoms with van der Waals surface area (Å²) in [6, 6.07) is 10.2. The number of nitrogens with zero attached hydrogens (tertiary/aromatic N) is 1. The Labute approximate surface area is 124 Å². The minimum atomic E-state index is -0.0235. The highest BCUT2D eigenvalue weighted by Gasteiger charge is 2.23. The van der Waals surface area contributed by atoms with Gasteiger partial charge in [-0.25, -0.2) is 0 Å². The van der Waals surface area contributed by atoms with E-state index >= 15 is 0 Å². The van der Waals surface area contributed by atoms with E-state index in [1.54, 1.807) is 0 Å². The molecular weight excluding hydrogens is 264 g/mol. The first kappa shape index (κ1) is 13.9. The smallest absolute Gasteiger partial charge is 0.124 e. The monoisotopic (exact) mass is 284 g/mol. The van der Waals surface area contributed by atoms with Gasteiger partial charge in [0.25, 0.3) is 0 Å². The first-order valence-corrected chi connectivity index (χ1v) is 7.38. The summed E-state index contributed by atoms with van der Waals surface area (Å²) in [6.45, 7) is 2.51. The van der Waals surface area contributed by atoms with Gasteiger partial charge in [-0.2, -0.15) is 0 Å². The van der Waals surface area contributed by atoms with Gasteiger partial charge in [0.05, 0.1) is 24.9 Å². The quantitative estimate of drug-likeness (QED) is 0.886. The van der Waals surface area contributed by atoms with Crippen LogP contribution < -0.4 is 10.1 Å². The molecule has 0 amide bonds. The minimum Gasteiger partial charge on any atom is -0.494 e. The second kappa shape index (κ2) is 6.14. The van der Waals surface area contributed by atoms with Gasteiger partial charge in [-0.05, 0) is 49.6 Å². The second-order valence-electron chi connectivity index (χ2n) is 5.20. The summed E-state index contributed by atoms with van der Waals surface area (Å²) in [5, 5.41) is 13.0. The Morgan fingerprint density at radius 1 is 1.38 bits per heavy atom. The Bertz CT molecular complexity index is 628. The van der Waals surface area contributed by atoms with Gasteiger partial charge < -0.3 is 15.2 Å². The molecule has 0 bridgehead atoms. The largest absolute Gasteiger partial charge is 0.494 e. The summed E-state index contributed by atoms with van der Waals surface area (Å²) in [7, 11) is 0. The number of nitrogens with one attached hydrogen (secondary N) is 1. The number of aliphatic hydroxyl groups excluding tert-OH is 1. The van der Waals surface area contributed by atoms with E-state index in [2.05, 4.69) is 16.4 Å². The van der Waals surface area contributed by atoms with Crippen LogP contribution in [0, 0.1) is 0 Å². The van der Waals surface area contributed by atoms with Crippen molar-refractivity contribution in [3.63, 3.8) is 0 Å². The molecule has 1 heterocycles. The maximum absolute atomic E-state index is 9.47. The van der Waals surface area contributed by atoms with Gasteiger partial charge >= 0.3 is 0 Å². The SMILES string of the molecule is CCOc1ccc(NC2CCc3cccnc32)cc1CO. The topological polar surface area (TPSA) is 54.4 Å². The van der Waals surface area contributed by atoms with Gasteiger partial charge in [-0.15, -0.1) is 0 Å². The molecule has 3 rings (SSSR count). The maximum atomic E-state index is 9.47. The molecule has 0 spiro atoms. The highest BCUT2D eigenvalue weighted by molar-refractivity contribution is 5.53. The number of anilines is 1. The lowest BCUT2D eigenvalue weighted by Crippen LogP contribution is -2.09. The molecule has 1 atom stereocenters. The number of aryl methyl sites for hydroxylation is 1. The van der Waals surface area contributed by atoms with Crippen molar-refractivity contribution in [3.8, 4) is 5.75 Å². The molecule has 0 fully saturated rings. The Balaban J connectivity index is 1.80. The van der Waals surface area contributed by atoms with Gasteiger partial charge in [0, 0.05) is 17.4 Å². The highest BCUT2D eigenvalue weighted by Crippen LogP contribution is 2.33. The zero-order valence-corrected chi connectivity index (χ0v) is 12.2. The van der Waals surface area contributed by atoms with Crippen molar-refractivity contribution >= 4 is 5.69 Å². The fourth-order valence-corrected chi connectivity index (χ4v) is 2.84. The molecular formula is C17H20N2O2. The molecule has 21 heavy (non-hydrogen) atoms. The number of fused-ring (bicyclic) bond motifs is 1. The summed E-state index contributed by atoms with van der Waals surface area (Å²) in [5.74, 6) is 0.746. The van der Waals surface area contributed by atoms with E-state index in [0.717, 1.165) is 35.5 Å². The first-order chi connectivity index (χ1) is 10.3. The summed E-state index contributed by atoms with van der Waals surface area (Å²) in [6.07, 6.45) is 3.95. The van der Waals surface area contributed by atoms with Gasteiger partial charge in [-0.3, -0.25) is 4.98 Å². The Hall–Kier alpha value is -2.07. The lowest BCUT2D eigenvalue weighted by Gasteiger charge is -2.16. The van der Waals surface area contributed by atoms with Crippen LogP contribution in [0.3, 0.4) is 0 Å². The van der Waals surface area contributed by atoms with Crippen LogP contribution in [0.5, 0.6) is 5.75 Å². The highest BCUT2D eigenvalue weighted by atomic mass is 16.5. The number of benzene rings is 1. The third-order valence-electron chi connectivity index (χ3n) is 3.83. The third-order valence-corrected chi connectivity index (χ3v) is 3.83. The number of aromatic nitrogens is 1. The van der Waals surface area contributed by atoms with E-state index in [9.17, 15) is 5.11 Å². The number of pyridine rings is 1. The molecule has 0 aliphatic heterocycles. The Kier molecular flexibility index (Phi) is 4.06. The second-order valence-corrected chi connectivity index (χ2v) is 5.20. The van der Waals surface area contributed by atoms with Crippen molar-refractivity contribution in [2.45, 2.75) is 32.4 Å². The predicted octanol–water partition coefficient (Wildman–Crippen LogP) is 3.07. The molecule has 0 radical (unpaired) electrons. The fraction of sp³-hybridized carbons (Fsp3) is 0.353. The van der Waals surface area contributed by atoms with Crippen LogP contribution in [0.2, 0.25) is 0 Å². The minimum absolute atomic E-state index is 0.0235. The number of aliphatic hydroxyl groups is 1. The van der Waals surface area contributed by atoms with Crippen molar-refractivity contribution in [3.05, 3.63) is 53.3 Å². The molecule has 110 valence electrons. The van der Waals surface area contributed by atoms with Crippen molar-refractivity contribution in [1.82, 2.24) is 4.98 Å². The van der Waals surface area contributed by atoms with E-state index in [0.29, 0.717) is 6.61 Å². The molecule has 1 aromatic heterocycles. The molecule has 4 heteroatoms. The molecule has 1 unspecified atom stereocenters. The van der Waals surface area contributed by atoms with Gasteiger partial charge in [0.2, 0.25) is 0 Å². The van der Waals surface area contributed by atoms with Crippen LogP contribution in [-0.4, -0.2) is 16.7 Å². The molecule has 1 aliphatic carbocycles. The summed E-state index contributed by atoms with van der Waals surface area (Å²) in [4.78, 5) is 4.49. The Morgan fingerprint density at radius 3 is 3.10 bits per heavy atom. The summed E-state index contributed by atoms with van der Waals surface area (Å²) in [5.41, 5.74) is 4.26. The molecule has 0 saturated carbocycles. The third kappa shape index (κ3) is 2.85. The van der Waals surface area contributed by atoms with E-state index in [-0.39, 0.29) is 12.6 Å². The van der Waals surface area contributed by atoms with Gasteiger partial charge in [-0.1, -0.05) is 6.07 Å². The molecule has 1 aliphatic rings. The lowest BCUT2D eigenvalue weighted by molar-refractivity contribution is 0.267. The summed E-state index contributed by atoms with van der Waals surface area (Å²) < 4.78 is 5.51. The van der Waals surface area contributed by atoms with Gasteiger partial charge in [0.15, 0.2) is 0 Å². The summed E-state index contributed by atoms with van der Waals surface area (Å²) >= 11 is 0. The maximum Gasteiger partial charge on any atom is 0.124 e. The molecule has 1 aromatic carbocycles. The predicted molar refractivity (Wildman–Crippen MR) is 82.5 cm³/mol. The Morgan fingerprint density at radius 2 is 2.29 bits per heavy atom. The van der Waals surface area contributed by atoms with Crippen molar-refractivity contribution in [2.24, 2.45) is 0 Å².